The molecule has 1 aromatic carbocycles. The van der Waals surface area contributed by atoms with Crippen LogP contribution in [0.2, 0.25) is 10.3 Å². The maximum Gasteiger partial charge on any atom is 0.222 e. The molecule has 2 rings (SSSR count). The molecule has 0 radical (unpaired) electrons. The van der Waals surface area contributed by atoms with Crippen LogP contribution in [0.4, 0.5) is 0 Å². The van der Waals surface area contributed by atoms with Crippen molar-refractivity contribution >= 4 is 23.2 Å². The van der Waals surface area contributed by atoms with Gasteiger partial charge < -0.3 is 0 Å². The number of benzene rings is 1. The third-order valence-corrected chi connectivity index (χ3v) is 3.00. The highest BCUT2D eigenvalue weighted by molar-refractivity contribution is 6.33. The van der Waals surface area contributed by atoms with Crippen molar-refractivity contribution in [1.82, 2.24) is 9.97 Å². The van der Waals surface area contributed by atoms with Gasteiger partial charge in [0.25, 0.3) is 0 Å². The van der Waals surface area contributed by atoms with Crippen molar-refractivity contribution in [3.63, 3.8) is 0 Å². The molecule has 0 amide bonds. The molecule has 0 aliphatic rings. The van der Waals surface area contributed by atoms with Crippen molar-refractivity contribution in [2.45, 2.75) is 19.8 Å². The lowest BCUT2D eigenvalue weighted by atomic mass is 10.00. The summed E-state index contributed by atoms with van der Waals surface area (Å²) in [5, 5.41) is 0.717. The molecule has 0 aliphatic heterocycles. The largest absolute Gasteiger partial charge is 0.225 e. The molecule has 0 N–H and O–H groups in total. The van der Waals surface area contributed by atoms with Crippen molar-refractivity contribution in [1.29, 1.82) is 0 Å². The third kappa shape index (κ3) is 2.76. The van der Waals surface area contributed by atoms with Gasteiger partial charge in [-0.1, -0.05) is 43.6 Å². The average Bonchev–Trinajstić information content (AvgIpc) is 2.32. The van der Waals surface area contributed by atoms with Crippen molar-refractivity contribution in [3.8, 4) is 11.3 Å². The Morgan fingerprint density at radius 1 is 1.18 bits per heavy atom. The van der Waals surface area contributed by atoms with Crippen molar-refractivity contribution in [2.75, 3.05) is 0 Å². The zero-order valence-electron chi connectivity index (χ0n) is 9.61. The van der Waals surface area contributed by atoms with E-state index in [1.807, 2.05) is 12.1 Å². The number of nitrogens with zero attached hydrogens (tertiary/aromatic N) is 2. The Bertz CT molecular complexity index is 539. The zero-order valence-corrected chi connectivity index (χ0v) is 11.1. The van der Waals surface area contributed by atoms with Crippen LogP contribution in [0.25, 0.3) is 11.3 Å². The Balaban J connectivity index is 2.52. The molecule has 4 heteroatoms. The van der Waals surface area contributed by atoms with Crippen LogP contribution in [0.15, 0.2) is 30.5 Å². The van der Waals surface area contributed by atoms with E-state index in [2.05, 4.69) is 35.9 Å². The van der Waals surface area contributed by atoms with Gasteiger partial charge in [0.05, 0.1) is 16.9 Å². The number of rotatable bonds is 2. The molecule has 2 nitrogen and oxygen atoms in total. The van der Waals surface area contributed by atoms with E-state index in [-0.39, 0.29) is 5.28 Å². The smallest absolute Gasteiger partial charge is 0.222 e. The van der Waals surface area contributed by atoms with Gasteiger partial charge in [-0.3, -0.25) is 0 Å². The first-order valence-corrected chi connectivity index (χ1v) is 6.12. The van der Waals surface area contributed by atoms with Gasteiger partial charge in [-0.05, 0) is 29.1 Å². The molecule has 17 heavy (non-hydrogen) atoms. The number of halogens is 2. The first kappa shape index (κ1) is 12.3. The van der Waals surface area contributed by atoms with Gasteiger partial charge in [0.1, 0.15) is 0 Å². The van der Waals surface area contributed by atoms with Crippen LogP contribution < -0.4 is 0 Å². The van der Waals surface area contributed by atoms with E-state index in [0.717, 1.165) is 5.56 Å². The SMILES string of the molecule is CC(C)c1cccc(-c2nc(Cl)ncc2Cl)c1. The molecule has 1 aromatic heterocycles. The predicted molar refractivity (Wildman–Crippen MR) is 71.6 cm³/mol. The van der Waals surface area contributed by atoms with Crippen LogP contribution in [0.5, 0.6) is 0 Å². The van der Waals surface area contributed by atoms with Crippen molar-refractivity contribution < 1.29 is 0 Å². The van der Waals surface area contributed by atoms with E-state index >= 15 is 0 Å². The molecule has 0 saturated heterocycles. The Morgan fingerprint density at radius 2 is 1.94 bits per heavy atom. The molecule has 0 bridgehead atoms. The van der Waals surface area contributed by atoms with Crippen LogP contribution in [-0.2, 0) is 0 Å². The molecule has 0 unspecified atom stereocenters. The number of aromatic nitrogens is 2. The lowest BCUT2D eigenvalue weighted by molar-refractivity contribution is 0.867. The minimum absolute atomic E-state index is 0.208. The van der Waals surface area contributed by atoms with Crippen LogP contribution in [0.3, 0.4) is 0 Å². The van der Waals surface area contributed by atoms with Gasteiger partial charge in [0.2, 0.25) is 5.28 Å². The zero-order chi connectivity index (χ0) is 12.4. The lowest BCUT2D eigenvalue weighted by Crippen LogP contribution is -1.92. The molecule has 88 valence electrons. The Hall–Kier alpha value is -1.12. The fourth-order valence-corrected chi connectivity index (χ4v) is 1.93. The minimum Gasteiger partial charge on any atom is -0.225 e. The predicted octanol–water partition coefficient (Wildman–Crippen LogP) is 4.57. The summed E-state index contributed by atoms with van der Waals surface area (Å²) in [4.78, 5) is 8.01. The van der Waals surface area contributed by atoms with E-state index in [4.69, 9.17) is 23.2 Å². The van der Waals surface area contributed by atoms with Crippen LogP contribution in [0.1, 0.15) is 25.3 Å². The topological polar surface area (TPSA) is 25.8 Å². The van der Waals surface area contributed by atoms with Gasteiger partial charge >= 0.3 is 0 Å². The molecule has 0 spiro atoms. The summed E-state index contributed by atoms with van der Waals surface area (Å²) in [5.74, 6) is 0.464. The van der Waals surface area contributed by atoms with Crippen LogP contribution in [-0.4, -0.2) is 9.97 Å². The van der Waals surface area contributed by atoms with Crippen molar-refractivity contribution in [2.24, 2.45) is 0 Å². The summed E-state index contributed by atoms with van der Waals surface area (Å²) in [7, 11) is 0. The van der Waals surface area contributed by atoms with Gasteiger partial charge in [0, 0.05) is 5.56 Å². The molecule has 2 aromatic rings. The third-order valence-electron chi connectivity index (χ3n) is 2.54. The molecule has 1 heterocycles. The van der Waals surface area contributed by atoms with Gasteiger partial charge in [0.15, 0.2) is 0 Å². The Morgan fingerprint density at radius 3 is 2.65 bits per heavy atom. The summed E-state index contributed by atoms with van der Waals surface area (Å²) in [5.41, 5.74) is 2.88. The highest BCUT2D eigenvalue weighted by Gasteiger charge is 2.08. The Kier molecular flexibility index (Phi) is 3.65. The monoisotopic (exact) mass is 266 g/mol. The lowest BCUT2D eigenvalue weighted by Gasteiger charge is -2.08. The molecule has 0 saturated carbocycles. The van der Waals surface area contributed by atoms with E-state index < -0.39 is 0 Å². The standard InChI is InChI=1S/C13H12Cl2N2/c1-8(2)9-4-3-5-10(6-9)12-11(14)7-16-13(15)17-12/h3-8H,1-2H3. The fraction of sp³-hybridized carbons (Fsp3) is 0.231. The van der Waals surface area contributed by atoms with Gasteiger partial charge in [-0.15, -0.1) is 0 Å². The minimum atomic E-state index is 0.208. The normalized spacial score (nSPS) is 10.9. The fourth-order valence-electron chi connectivity index (χ4n) is 1.59. The highest BCUT2D eigenvalue weighted by atomic mass is 35.5. The first-order chi connectivity index (χ1) is 8.08. The summed E-state index contributed by atoms with van der Waals surface area (Å²) in [6, 6.07) is 8.13. The second kappa shape index (κ2) is 5.03. The molecular weight excluding hydrogens is 255 g/mol. The molecule has 0 fully saturated rings. The maximum atomic E-state index is 6.08. The molecular formula is C13H12Cl2N2. The van der Waals surface area contributed by atoms with E-state index in [9.17, 15) is 0 Å². The highest BCUT2D eigenvalue weighted by Crippen LogP contribution is 2.28. The first-order valence-electron chi connectivity index (χ1n) is 5.36. The van der Waals surface area contributed by atoms with E-state index in [1.165, 1.54) is 11.8 Å². The summed E-state index contributed by atoms with van der Waals surface area (Å²) >= 11 is 11.9. The number of hydrogen-bond acceptors (Lipinski definition) is 2. The van der Waals surface area contributed by atoms with Crippen LogP contribution >= 0.6 is 23.2 Å². The van der Waals surface area contributed by atoms with Gasteiger partial charge in [-0.25, -0.2) is 9.97 Å². The van der Waals surface area contributed by atoms with E-state index in [1.54, 1.807) is 0 Å². The molecule has 0 atom stereocenters. The maximum absolute atomic E-state index is 6.08. The van der Waals surface area contributed by atoms with Gasteiger partial charge in [-0.2, -0.15) is 0 Å². The molecule has 0 aliphatic carbocycles. The van der Waals surface area contributed by atoms with Crippen molar-refractivity contribution in [3.05, 3.63) is 46.3 Å². The summed E-state index contributed by atoms with van der Waals surface area (Å²) < 4.78 is 0. The second-order valence-electron chi connectivity index (χ2n) is 4.12. The quantitative estimate of drug-likeness (QED) is 0.744. The number of hydrogen-bond donors (Lipinski definition) is 0. The summed E-state index contributed by atoms with van der Waals surface area (Å²) in [6.07, 6.45) is 1.52. The van der Waals surface area contributed by atoms with Crippen LogP contribution in [0, 0.1) is 0 Å². The van der Waals surface area contributed by atoms with E-state index in [0.29, 0.717) is 16.6 Å². The summed E-state index contributed by atoms with van der Waals surface area (Å²) in [6.45, 7) is 4.29. The average molecular weight is 267 g/mol. The Labute approximate surface area is 111 Å². The second-order valence-corrected chi connectivity index (χ2v) is 4.86.